The van der Waals surface area contributed by atoms with Gasteiger partial charge in [-0.3, -0.25) is 9.59 Å². The number of alkyl halides is 3. The highest BCUT2D eigenvalue weighted by Crippen LogP contribution is 2.04. The summed E-state index contributed by atoms with van der Waals surface area (Å²) < 4.78 is 24.5. The zero-order chi connectivity index (χ0) is 12.8. The van der Waals surface area contributed by atoms with Crippen molar-refractivity contribution >= 4 is 17.5 Å². The van der Waals surface area contributed by atoms with Crippen LogP contribution in [-0.4, -0.2) is 41.2 Å². The van der Waals surface area contributed by atoms with Gasteiger partial charge in [0.1, 0.15) is 5.56 Å². The van der Waals surface area contributed by atoms with E-state index in [0.29, 0.717) is 0 Å². The van der Waals surface area contributed by atoms with Gasteiger partial charge in [0.2, 0.25) is 0 Å². The molecule has 1 aromatic heterocycles. The van der Waals surface area contributed by atoms with Gasteiger partial charge in [-0.1, -0.05) is 0 Å². The fraction of sp³-hybridized carbons (Fsp3) is 0.400. The minimum Gasteiger partial charge on any atom is -0.367 e. The van der Waals surface area contributed by atoms with Gasteiger partial charge in [-0.05, 0) is 0 Å². The van der Waals surface area contributed by atoms with E-state index in [1.54, 1.807) is 0 Å². The number of carbonyl (C=O) groups is 1. The molecule has 0 bridgehead atoms. The molecule has 1 heterocycles. The second-order valence-corrected chi connectivity index (χ2v) is 3.63. The minimum atomic E-state index is -2.66. The number of nitrogens with zero attached hydrogens (tertiary/aromatic N) is 1. The molecule has 17 heavy (non-hydrogen) atoms. The largest absolute Gasteiger partial charge is 0.367 e. The number of rotatable bonds is 5. The maximum atomic E-state index is 12.3. The zero-order valence-corrected chi connectivity index (χ0v) is 9.58. The summed E-state index contributed by atoms with van der Waals surface area (Å²) in [4.78, 5) is 26.6. The van der Waals surface area contributed by atoms with Gasteiger partial charge in [0.05, 0.1) is 6.54 Å². The first-order valence-corrected chi connectivity index (χ1v) is 5.40. The Balaban J connectivity index is 2.92. The van der Waals surface area contributed by atoms with E-state index in [1.165, 1.54) is 12.4 Å². The van der Waals surface area contributed by atoms with E-state index in [9.17, 15) is 18.4 Å². The van der Waals surface area contributed by atoms with Gasteiger partial charge in [-0.25, -0.2) is 8.78 Å². The third kappa shape index (κ3) is 3.81. The molecular formula is C10H11ClF2N2O2. The average molecular weight is 265 g/mol. The number of amides is 1. The molecule has 7 heteroatoms. The first-order valence-electron chi connectivity index (χ1n) is 4.86. The van der Waals surface area contributed by atoms with Gasteiger partial charge < -0.3 is 9.88 Å². The summed E-state index contributed by atoms with van der Waals surface area (Å²) in [6.07, 6.45) is -0.111. The quantitative estimate of drug-likeness (QED) is 0.816. The molecule has 1 aromatic rings. The van der Waals surface area contributed by atoms with Crippen LogP contribution in [0.2, 0.25) is 0 Å². The number of nitrogens with one attached hydrogen (secondary N) is 1. The molecule has 0 fully saturated rings. The van der Waals surface area contributed by atoms with Crippen LogP contribution < -0.4 is 5.43 Å². The number of hydrogen-bond acceptors (Lipinski definition) is 2. The molecule has 0 saturated heterocycles. The zero-order valence-electron chi connectivity index (χ0n) is 8.83. The van der Waals surface area contributed by atoms with Crippen molar-refractivity contribution < 1.29 is 13.6 Å². The number of aromatic amines is 1. The van der Waals surface area contributed by atoms with E-state index >= 15 is 0 Å². The first kappa shape index (κ1) is 13.6. The summed E-state index contributed by atoms with van der Waals surface area (Å²) >= 11 is 5.43. The molecular weight excluding hydrogens is 254 g/mol. The number of hydrogen-bond donors (Lipinski definition) is 1. The fourth-order valence-electron chi connectivity index (χ4n) is 1.30. The Hall–Kier alpha value is -1.43. The van der Waals surface area contributed by atoms with Crippen molar-refractivity contribution in [2.45, 2.75) is 6.43 Å². The average Bonchev–Trinajstić information content (AvgIpc) is 2.28. The number of carbonyl (C=O) groups excluding carboxylic acids is 1. The van der Waals surface area contributed by atoms with Crippen LogP contribution in [0, 0.1) is 0 Å². The maximum absolute atomic E-state index is 12.3. The highest BCUT2D eigenvalue weighted by molar-refractivity contribution is 6.18. The van der Waals surface area contributed by atoms with Gasteiger partial charge in [0.15, 0.2) is 5.43 Å². The number of pyridine rings is 1. The second-order valence-electron chi connectivity index (χ2n) is 3.25. The van der Waals surface area contributed by atoms with Gasteiger partial charge in [-0.2, -0.15) is 0 Å². The van der Waals surface area contributed by atoms with Crippen molar-refractivity contribution in [2.75, 3.05) is 19.0 Å². The summed E-state index contributed by atoms with van der Waals surface area (Å²) in [5.74, 6) is -0.712. The van der Waals surface area contributed by atoms with Crippen LogP contribution in [0.3, 0.4) is 0 Å². The van der Waals surface area contributed by atoms with Gasteiger partial charge >= 0.3 is 0 Å². The molecule has 0 atom stereocenters. The Morgan fingerprint density at radius 1 is 1.53 bits per heavy atom. The van der Waals surface area contributed by atoms with Crippen LogP contribution in [-0.2, 0) is 0 Å². The van der Waals surface area contributed by atoms with Crippen molar-refractivity contribution in [1.29, 1.82) is 0 Å². The summed E-state index contributed by atoms with van der Waals surface area (Å²) in [6, 6.07) is 1.16. The number of aromatic nitrogens is 1. The Labute approximate surface area is 101 Å². The maximum Gasteiger partial charge on any atom is 0.259 e. The van der Waals surface area contributed by atoms with E-state index in [0.717, 1.165) is 11.0 Å². The molecule has 0 aromatic carbocycles. The Morgan fingerprint density at radius 3 is 2.76 bits per heavy atom. The van der Waals surface area contributed by atoms with Crippen LogP contribution >= 0.6 is 11.6 Å². The van der Waals surface area contributed by atoms with E-state index in [1.807, 2.05) is 0 Å². The van der Waals surface area contributed by atoms with Crippen molar-refractivity contribution in [3.63, 3.8) is 0 Å². The molecule has 1 N–H and O–H groups in total. The lowest BCUT2D eigenvalue weighted by Crippen LogP contribution is -2.38. The lowest BCUT2D eigenvalue weighted by atomic mass is 10.2. The first-order chi connectivity index (χ1) is 8.06. The molecule has 0 saturated carbocycles. The number of halogens is 3. The smallest absolute Gasteiger partial charge is 0.259 e. The topological polar surface area (TPSA) is 53.2 Å². The van der Waals surface area contributed by atoms with Crippen LogP contribution in [0.5, 0.6) is 0 Å². The van der Waals surface area contributed by atoms with Gasteiger partial charge in [0, 0.05) is 30.9 Å². The lowest BCUT2D eigenvalue weighted by Gasteiger charge is -2.20. The third-order valence-corrected chi connectivity index (χ3v) is 2.22. The predicted octanol–water partition coefficient (Wildman–Crippen LogP) is 1.32. The second kappa shape index (κ2) is 6.34. The van der Waals surface area contributed by atoms with Crippen molar-refractivity contribution in [3.05, 3.63) is 34.2 Å². The molecule has 0 aliphatic rings. The summed E-state index contributed by atoms with van der Waals surface area (Å²) in [6.45, 7) is -0.765. The predicted molar refractivity (Wildman–Crippen MR) is 59.7 cm³/mol. The number of H-pyrrole nitrogens is 1. The standard InChI is InChI=1S/C10H11ClF2N2O2/c11-2-4-15(6-9(12)13)10(17)7-5-14-3-1-8(7)16/h1,3,5,9H,2,4,6H2,(H,14,16). The fourth-order valence-corrected chi connectivity index (χ4v) is 1.50. The highest BCUT2D eigenvalue weighted by Gasteiger charge is 2.20. The summed E-state index contributed by atoms with van der Waals surface area (Å²) in [7, 11) is 0. The SMILES string of the molecule is O=C(c1c[nH]ccc1=O)N(CCCl)CC(F)F. The summed E-state index contributed by atoms with van der Waals surface area (Å²) in [5, 5.41) is 0. The monoisotopic (exact) mass is 264 g/mol. The molecule has 1 rings (SSSR count). The Morgan fingerprint density at radius 2 is 2.24 bits per heavy atom. The normalized spacial score (nSPS) is 10.6. The van der Waals surface area contributed by atoms with E-state index in [2.05, 4.69) is 4.98 Å². The molecule has 0 radical (unpaired) electrons. The van der Waals surface area contributed by atoms with Crippen molar-refractivity contribution in [3.8, 4) is 0 Å². The molecule has 1 amide bonds. The van der Waals surface area contributed by atoms with Crippen LogP contribution in [0.1, 0.15) is 10.4 Å². The molecule has 0 aliphatic carbocycles. The van der Waals surface area contributed by atoms with E-state index < -0.39 is 24.3 Å². The van der Waals surface area contributed by atoms with E-state index in [-0.39, 0.29) is 18.0 Å². The third-order valence-electron chi connectivity index (χ3n) is 2.05. The van der Waals surface area contributed by atoms with Gasteiger partial charge in [0.25, 0.3) is 12.3 Å². The van der Waals surface area contributed by atoms with Gasteiger partial charge in [-0.15, -0.1) is 11.6 Å². The van der Waals surface area contributed by atoms with E-state index in [4.69, 9.17) is 11.6 Å². The van der Waals surface area contributed by atoms with Crippen LogP contribution in [0.4, 0.5) is 8.78 Å². The molecule has 4 nitrogen and oxygen atoms in total. The summed E-state index contributed by atoms with van der Waals surface area (Å²) in [5.41, 5.74) is -0.680. The Kier molecular flexibility index (Phi) is 5.09. The van der Waals surface area contributed by atoms with Crippen LogP contribution in [0.15, 0.2) is 23.3 Å². The lowest BCUT2D eigenvalue weighted by molar-refractivity contribution is 0.0569. The Bertz CT molecular complexity index is 436. The molecule has 0 aliphatic heterocycles. The van der Waals surface area contributed by atoms with Crippen LogP contribution in [0.25, 0.3) is 0 Å². The molecule has 94 valence electrons. The minimum absolute atomic E-state index is 0.0287. The van der Waals surface area contributed by atoms with Crippen molar-refractivity contribution in [1.82, 2.24) is 9.88 Å². The van der Waals surface area contributed by atoms with Crippen molar-refractivity contribution in [2.24, 2.45) is 0 Å². The molecule has 0 unspecified atom stereocenters. The molecule has 0 spiro atoms. The highest BCUT2D eigenvalue weighted by atomic mass is 35.5.